The molecule has 5 heteroatoms. The van der Waals surface area contributed by atoms with Crippen LogP contribution in [-0.4, -0.2) is 42.1 Å². The Balaban J connectivity index is 0.00000161. The third-order valence-electron chi connectivity index (χ3n) is 6.31. The first-order chi connectivity index (χ1) is 9.30. The Morgan fingerprint density at radius 3 is 2.38 bits per heavy atom. The van der Waals surface area contributed by atoms with E-state index in [4.69, 9.17) is 10.5 Å². The Labute approximate surface area is 134 Å². The SMILES string of the molecule is CC1CN(C(=O)C2(N)C3CCCOC3C2(C)C)CC1C.Cl. The number of fused-ring (bicyclic) bond motifs is 1. The number of likely N-dealkylation sites (tertiary alicyclic amines) is 1. The second-order valence-electron chi connectivity index (χ2n) is 7.80. The maximum atomic E-state index is 13.1. The first-order valence-electron chi connectivity index (χ1n) is 8.00. The number of rotatable bonds is 1. The normalized spacial score (nSPS) is 44.5. The van der Waals surface area contributed by atoms with Crippen molar-refractivity contribution in [3.05, 3.63) is 0 Å². The molecule has 1 aliphatic carbocycles. The van der Waals surface area contributed by atoms with E-state index in [1.807, 2.05) is 4.90 Å². The van der Waals surface area contributed by atoms with Gasteiger partial charge >= 0.3 is 0 Å². The van der Waals surface area contributed by atoms with Crippen molar-refractivity contribution in [2.75, 3.05) is 19.7 Å². The molecule has 0 aromatic heterocycles. The molecule has 1 saturated carbocycles. The summed E-state index contributed by atoms with van der Waals surface area (Å²) in [5.74, 6) is 1.50. The van der Waals surface area contributed by atoms with Gasteiger partial charge < -0.3 is 15.4 Å². The zero-order valence-corrected chi connectivity index (χ0v) is 14.4. The standard InChI is InChI=1S/C16H28N2O2.ClH/c1-10-8-18(9-11(10)2)14(19)16(17)12-6-5-7-20-13(12)15(16,3)4;/h10-13H,5-9,17H2,1-4H3;1H. The van der Waals surface area contributed by atoms with Crippen LogP contribution in [-0.2, 0) is 9.53 Å². The molecule has 3 rings (SSSR count). The van der Waals surface area contributed by atoms with E-state index in [1.165, 1.54) is 0 Å². The molecule has 0 aromatic rings. The van der Waals surface area contributed by atoms with Gasteiger partial charge in [0.2, 0.25) is 5.91 Å². The van der Waals surface area contributed by atoms with Gasteiger partial charge in [0.25, 0.3) is 0 Å². The van der Waals surface area contributed by atoms with E-state index < -0.39 is 5.54 Å². The lowest BCUT2D eigenvalue weighted by molar-refractivity contribution is -0.229. The minimum absolute atomic E-state index is 0. The Bertz CT molecular complexity index is 419. The lowest BCUT2D eigenvalue weighted by Gasteiger charge is -2.65. The largest absolute Gasteiger partial charge is 0.377 e. The summed E-state index contributed by atoms with van der Waals surface area (Å²) in [7, 11) is 0. The van der Waals surface area contributed by atoms with Crippen LogP contribution in [0.15, 0.2) is 0 Å². The maximum Gasteiger partial charge on any atom is 0.243 e. The molecule has 2 heterocycles. The van der Waals surface area contributed by atoms with Gasteiger partial charge in [-0.3, -0.25) is 4.79 Å². The molecule has 2 aliphatic heterocycles. The fourth-order valence-electron chi connectivity index (χ4n) is 4.57. The van der Waals surface area contributed by atoms with Crippen LogP contribution in [0.25, 0.3) is 0 Å². The molecule has 1 amide bonds. The number of amides is 1. The number of nitrogens with two attached hydrogens (primary N) is 1. The summed E-state index contributed by atoms with van der Waals surface area (Å²) < 4.78 is 5.89. The molecule has 5 atom stereocenters. The lowest BCUT2D eigenvalue weighted by atomic mass is 9.46. The summed E-state index contributed by atoms with van der Waals surface area (Å²) in [4.78, 5) is 15.1. The van der Waals surface area contributed by atoms with E-state index in [-0.39, 0.29) is 35.8 Å². The molecule has 5 unspecified atom stereocenters. The smallest absolute Gasteiger partial charge is 0.243 e. The van der Waals surface area contributed by atoms with Crippen molar-refractivity contribution in [3.8, 4) is 0 Å². The van der Waals surface area contributed by atoms with Crippen LogP contribution in [0.3, 0.4) is 0 Å². The molecule has 21 heavy (non-hydrogen) atoms. The topological polar surface area (TPSA) is 55.6 Å². The van der Waals surface area contributed by atoms with E-state index in [1.54, 1.807) is 0 Å². The zero-order chi connectivity index (χ0) is 14.7. The van der Waals surface area contributed by atoms with E-state index in [0.29, 0.717) is 11.8 Å². The number of carbonyl (C=O) groups is 1. The van der Waals surface area contributed by atoms with Gasteiger partial charge in [-0.15, -0.1) is 12.4 Å². The van der Waals surface area contributed by atoms with Gasteiger partial charge in [-0.1, -0.05) is 27.7 Å². The Kier molecular flexibility index (Phi) is 4.38. The summed E-state index contributed by atoms with van der Waals surface area (Å²) in [6, 6.07) is 0. The van der Waals surface area contributed by atoms with Crippen molar-refractivity contribution in [1.29, 1.82) is 0 Å². The van der Waals surface area contributed by atoms with Crippen LogP contribution in [0.1, 0.15) is 40.5 Å². The van der Waals surface area contributed by atoms with Gasteiger partial charge in [0.15, 0.2) is 0 Å². The molecule has 0 spiro atoms. The van der Waals surface area contributed by atoms with Gasteiger partial charge in [-0.2, -0.15) is 0 Å². The molecule has 0 aromatic carbocycles. The molecule has 3 fully saturated rings. The van der Waals surface area contributed by atoms with Crippen LogP contribution < -0.4 is 5.73 Å². The van der Waals surface area contributed by atoms with Crippen LogP contribution in [0.2, 0.25) is 0 Å². The summed E-state index contributed by atoms with van der Waals surface area (Å²) in [5, 5.41) is 0. The van der Waals surface area contributed by atoms with Crippen molar-refractivity contribution in [2.45, 2.75) is 52.2 Å². The fourth-order valence-corrected chi connectivity index (χ4v) is 4.57. The Morgan fingerprint density at radius 2 is 1.81 bits per heavy atom. The zero-order valence-electron chi connectivity index (χ0n) is 13.6. The van der Waals surface area contributed by atoms with Gasteiger partial charge in [0.05, 0.1) is 6.10 Å². The first-order valence-corrected chi connectivity index (χ1v) is 8.00. The highest BCUT2D eigenvalue weighted by Crippen LogP contribution is 2.58. The molecule has 122 valence electrons. The van der Waals surface area contributed by atoms with Crippen molar-refractivity contribution in [2.24, 2.45) is 28.9 Å². The molecule has 2 saturated heterocycles. The number of hydrogen-bond acceptors (Lipinski definition) is 3. The van der Waals surface area contributed by atoms with Crippen molar-refractivity contribution < 1.29 is 9.53 Å². The fraction of sp³-hybridized carbons (Fsp3) is 0.938. The second-order valence-corrected chi connectivity index (χ2v) is 7.80. The lowest BCUT2D eigenvalue weighted by Crippen LogP contribution is -2.82. The van der Waals surface area contributed by atoms with Crippen molar-refractivity contribution in [3.63, 3.8) is 0 Å². The number of ether oxygens (including phenoxy) is 1. The third kappa shape index (κ3) is 2.13. The highest BCUT2D eigenvalue weighted by Gasteiger charge is 2.71. The second kappa shape index (κ2) is 5.39. The monoisotopic (exact) mass is 316 g/mol. The Hall–Kier alpha value is -0.320. The highest BCUT2D eigenvalue weighted by molar-refractivity contribution is 5.89. The predicted molar refractivity (Wildman–Crippen MR) is 85.3 cm³/mol. The summed E-state index contributed by atoms with van der Waals surface area (Å²) in [6.45, 7) is 11.2. The average Bonchev–Trinajstić information content (AvgIpc) is 2.77. The predicted octanol–water partition coefficient (Wildman–Crippen LogP) is 2.06. The molecular weight excluding hydrogens is 288 g/mol. The minimum Gasteiger partial charge on any atom is -0.377 e. The maximum absolute atomic E-state index is 13.1. The first kappa shape index (κ1) is 17.0. The molecule has 4 nitrogen and oxygen atoms in total. The van der Waals surface area contributed by atoms with E-state index >= 15 is 0 Å². The van der Waals surface area contributed by atoms with Crippen LogP contribution in [0.4, 0.5) is 0 Å². The number of nitrogens with zero attached hydrogens (tertiary/aromatic N) is 1. The van der Waals surface area contributed by atoms with Gasteiger partial charge in [0, 0.05) is 31.0 Å². The van der Waals surface area contributed by atoms with E-state index in [9.17, 15) is 4.79 Å². The molecule has 3 aliphatic rings. The summed E-state index contributed by atoms with van der Waals surface area (Å²) in [6.07, 6.45) is 2.20. The van der Waals surface area contributed by atoms with E-state index in [0.717, 1.165) is 32.5 Å². The molecule has 0 radical (unpaired) electrons. The highest BCUT2D eigenvalue weighted by atomic mass is 35.5. The van der Waals surface area contributed by atoms with Crippen LogP contribution in [0.5, 0.6) is 0 Å². The summed E-state index contributed by atoms with van der Waals surface area (Å²) in [5.41, 5.74) is 5.68. The summed E-state index contributed by atoms with van der Waals surface area (Å²) >= 11 is 0. The van der Waals surface area contributed by atoms with E-state index in [2.05, 4.69) is 27.7 Å². The van der Waals surface area contributed by atoms with Crippen LogP contribution >= 0.6 is 12.4 Å². The number of hydrogen-bond donors (Lipinski definition) is 1. The molecule has 0 bridgehead atoms. The molecule has 2 N–H and O–H groups in total. The van der Waals surface area contributed by atoms with Gasteiger partial charge in [-0.05, 0) is 24.7 Å². The third-order valence-corrected chi connectivity index (χ3v) is 6.31. The molecular formula is C16H29ClN2O2. The van der Waals surface area contributed by atoms with Gasteiger partial charge in [-0.25, -0.2) is 0 Å². The minimum atomic E-state index is -0.734. The van der Waals surface area contributed by atoms with Crippen molar-refractivity contribution in [1.82, 2.24) is 4.90 Å². The van der Waals surface area contributed by atoms with Crippen molar-refractivity contribution >= 4 is 18.3 Å². The van der Waals surface area contributed by atoms with Gasteiger partial charge in [0.1, 0.15) is 5.54 Å². The number of carbonyl (C=O) groups excluding carboxylic acids is 1. The quantitative estimate of drug-likeness (QED) is 0.805. The Morgan fingerprint density at radius 1 is 1.24 bits per heavy atom. The van der Waals surface area contributed by atoms with Crippen LogP contribution in [0, 0.1) is 23.2 Å². The number of halogens is 1. The average molecular weight is 317 g/mol.